The maximum atomic E-state index is 13.0. The minimum absolute atomic E-state index is 0.101. The van der Waals surface area contributed by atoms with E-state index < -0.39 is 26.6 Å². The highest BCUT2D eigenvalue weighted by Gasteiger charge is 2.16. The molecule has 2 aromatic heterocycles. The number of imidazole rings is 1. The number of amides is 1. The molecule has 0 radical (unpaired) electrons. The molecule has 23 heavy (non-hydrogen) atoms. The van der Waals surface area contributed by atoms with E-state index in [2.05, 4.69) is 25.3 Å². The number of benzene rings is 1. The first-order valence-corrected chi connectivity index (χ1v) is 7.52. The minimum atomic E-state index is -4.93. The number of hydrogen-bond acceptors (Lipinski definition) is 6. The van der Waals surface area contributed by atoms with Crippen molar-refractivity contribution in [2.45, 2.75) is 4.90 Å². The lowest BCUT2D eigenvalue weighted by atomic mass is 10.2. The van der Waals surface area contributed by atoms with Crippen molar-refractivity contribution in [1.82, 2.24) is 19.9 Å². The second-order valence-corrected chi connectivity index (χ2v) is 5.78. The first kappa shape index (κ1) is 14.8. The van der Waals surface area contributed by atoms with Crippen LogP contribution in [0.25, 0.3) is 11.2 Å². The van der Waals surface area contributed by atoms with E-state index in [1.807, 2.05) is 0 Å². The summed E-state index contributed by atoms with van der Waals surface area (Å²) in [6.07, 6.45) is 1.27. The normalized spacial score (nSPS) is 11.5. The monoisotopic (exact) mass is 337 g/mol. The highest BCUT2D eigenvalue weighted by atomic mass is 32.3. The fourth-order valence-corrected chi connectivity index (χ4v) is 2.38. The third-order valence-corrected chi connectivity index (χ3v) is 3.72. The first-order chi connectivity index (χ1) is 10.8. The molecule has 3 N–H and O–H groups in total. The number of hydrogen-bond donors (Lipinski definition) is 3. The predicted molar refractivity (Wildman–Crippen MR) is 77.2 cm³/mol. The Labute approximate surface area is 127 Å². The maximum absolute atomic E-state index is 13.0. The zero-order chi connectivity index (χ0) is 16.6. The zero-order valence-corrected chi connectivity index (χ0v) is 12.0. The van der Waals surface area contributed by atoms with E-state index in [9.17, 15) is 21.9 Å². The lowest BCUT2D eigenvalue weighted by molar-refractivity contribution is 0.102. The molecule has 0 saturated carbocycles. The lowest BCUT2D eigenvalue weighted by Gasteiger charge is -2.04. The number of aromatic nitrogens is 4. The first-order valence-electron chi connectivity index (χ1n) is 6.14. The molecular formula is C12H8FN5O4S. The summed E-state index contributed by atoms with van der Waals surface area (Å²) in [5.41, 5.74) is -0.408. The van der Waals surface area contributed by atoms with E-state index >= 15 is 0 Å². The Balaban J connectivity index is 1.93. The molecule has 2 heterocycles. The predicted octanol–water partition coefficient (Wildman–Crippen LogP) is 0.557. The van der Waals surface area contributed by atoms with Crippen molar-refractivity contribution < 1.29 is 17.1 Å². The van der Waals surface area contributed by atoms with Crippen LogP contribution in [-0.4, -0.2) is 34.3 Å². The van der Waals surface area contributed by atoms with Gasteiger partial charge in [-0.05, 0) is 18.2 Å². The summed E-state index contributed by atoms with van der Waals surface area (Å²) in [5.74, 6) is -0.943. The van der Waals surface area contributed by atoms with E-state index in [-0.39, 0.29) is 22.7 Å². The molecule has 0 saturated heterocycles. The van der Waals surface area contributed by atoms with E-state index in [4.69, 9.17) is 0 Å². The fourth-order valence-electron chi connectivity index (χ4n) is 1.87. The second-order valence-electron chi connectivity index (χ2n) is 4.44. The van der Waals surface area contributed by atoms with Crippen LogP contribution in [0.5, 0.6) is 0 Å². The molecule has 1 aromatic carbocycles. The molecule has 0 aliphatic heterocycles. The SMILES string of the molecule is O=C(Nc1nc2nc[nH]c2c(=O)[nH]1)c1cccc(S(=O)(=O)F)c1. The number of halogens is 1. The number of rotatable bonds is 3. The van der Waals surface area contributed by atoms with Gasteiger partial charge in [0.2, 0.25) is 5.95 Å². The summed E-state index contributed by atoms with van der Waals surface area (Å²) in [4.78, 5) is 35.7. The van der Waals surface area contributed by atoms with Gasteiger partial charge in [-0.1, -0.05) is 6.07 Å². The van der Waals surface area contributed by atoms with Gasteiger partial charge < -0.3 is 4.98 Å². The highest BCUT2D eigenvalue weighted by Crippen LogP contribution is 2.15. The molecule has 3 aromatic rings. The third-order valence-electron chi connectivity index (χ3n) is 2.91. The number of carbonyl (C=O) groups is 1. The molecule has 0 bridgehead atoms. The quantitative estimate of drug-likeness (QED) is 0.597. The molecule has 9 nitrogen and oxygen atoms in total. The van der Waals surface area contributed by atoms with Crippen molar-refractivity contribution in [2.24, 2.45) is 0 Å². The van der Waals surface area contributed by atoms with Gasteiger partial charge in [0, 0.05) is 5.56 Å². The average Bonchev–Trinajstić information content (AvgIpc) is 2.95. The number of carbonyl (C=O) groups excluding carboxylic acids is 1. The Morgan fingerprint density at radius 2 is 2.09 bits per heavy atom. The third kappa shape index (κ3) is 2.94. The van der Waals surface area contributed by atoms with E-state index in [1.54, 1.807) is 0 Å². The van der Waals surface area contributed by atoms with Crippen LogP contribution in [0.15, 0.2) is 40.3 Å². The summed E-state index contributed by atoms with van der Waals surface area (Å²) in [7, 11) is -4.93. The standard InChI is InChI=1S/C12H8FN5O4S/c13-23(21,22)7-3-1-2-6(4-7)10(19)17-12-16-9-8(11(20)18-12)14-5-15-9/h1-5H,(H3,14,15,16,17,18,19,20). The van der Waals surface area contributed by atoms with Crippen molar-refractivity contribution in [2.75, 3.05) is 5.32 Å². The van der Waals surface area contributed by atoms with E-state index in [1.165, 1.54) is 18.5 Å². The van der Waals surface area contributed by atoms with Crippen LogP contribution < -0.4 is 10.9 Å². The lowest BCUT2D eigenvalue weighted by Crippen LogP contribution is -2.18. The van der Waals surface area contributed by atoms with Crippen LogP contribution >= 0.6 is 0 Å². The van der Waals surface area contributed by atoms with Crippen molar-refractivity contribution in [3.8, 4) is 0 Å². The molecule has 0 aliphatic rings. The van der Waals surface area contributed by atoms with E-state index in [0.717, 1.165) is 12.1 Å². The van der Waals surface area contributed by atoms with Gasteiger partial charge in [0.05, 0.1) is 11.2 Å². The zero-order valence-electron chi connectivity index (χ0n) is 11.2. The molecule has 0 aliphatic carbocycles. The van der Waals surface area contributed by atoms with Gasteiger partial charge in [-0.25, -0.2) is 4.98 Å². The van der Waals surface area contributed by atoms with Crippen LogP contribution in [-0.2, 0) is 10.2 Å². The van der Waals surface area contributed by atoms with Gasteiger partial charge in [0.15, 0.2) is 11.2 Å². The maximum Gasteiger partial charge on any atom is 0.332 e. The number of nitrogens with one attached hydrogen (secondary N) is 3. The molecule has 11 heteroatoms. The van der Waals surface area contributed by atoms with Crippen LogP contribution in [0, 0.1) is 0 Å². The summed E-state index contributed by atoms with van der Waals surface area (Å²) in [6, 6.07) is 4.39. The van der Waals surface area contributed by atoms with Gasteiger partial charge >= 0.3 is 10.2 Å². The number of nitrogens with zero attached hydrogens (tertiary/aromatic N) is 2. The summed E-state index contributed by atoms with van der Waals surface area (Å²) in [6.45, 7) is 0. The summed E-state index contributed by atoms with van der Waals surface area (Å²) < 4.78 is 34.7. The number of H-pyrrole nitrogens is 2. The van der Waals surface area contributed by atoms with Gasteiger partial charge in [0.25, 0.3) is 11.5 Å². The van der Waals surface area contributed by atoms with Gasteiger partial charge in [-0.2, -0.15) is 13.4 Å². The van der Waals surface area contributed by atoms with Crippen LogP contribution in [0.1, 0.15) is 10.4 Å². The van der Waals surface area contributed by atoms with Crippen molar-refractivity contribution in [1.29, 1.82) is 0 Å². The van der Waals surface area contributed by atoms with Gasteiger partial charge in [-0.15, -0.1) is 3.89 Å². The fraction of sp³-hybridized carbons (Fsp3) is 0. The molecule has 1 amide bonds. The van der Waals surface area contributed by atoms with Crippen LogP contribution in [0.4, 0.5) is 9.83 Å². The largest absolute Gasteiger partial charge is 0.339 e. The highest BCUT2D eigenvalue weighted by molar-refractivity contribution is 7.86. The summed E-state index contributed by atoms with van der Waals surface area (Å²) >= 11 is 0. The Hall–Kier alpha value is -3.08. The molecule has 0 atom stereocenters. The second kappa shape index (κ2) is 5.28. The Kier molecular flexibility index (Phi) is 3.41. The number of aromatic amines is 2. The van der Waals surface area contributed by atoms with Gasteiger partial charge in [-0.3, -0.25) is 19.9 Å². The number of fused-ring (bicyclic) bond motifs is 1. The van der Waals surface area contributed by atoms with Gasteiger partial charge in [0.1, 0.15) is 0 Å². The van der Waals surface area contributed by atoms with Crippen LogP contribution in [0.3, 0.4) is 0 Å². The smallest absolute Gasteiger partial charge is 0.332 e. The Bertz CT molecular complexity index is 1070. The molecule has 3 rings (SSSR count). The minimum Gasteiger partial charge on any atom is -0.339 e. The van der Waals surface area contributed by atoms with Crippen molar-refractivity contribution in [3.63, 3.8) is 0 Å². The topological polar surface area (TPSA) is 138 Å². The summed E-state index contributed by atoms with van der Waals surface area (Å²) in [5, 5.41) is 2.28. The van der Waals surface area contributed by atoms with Crippen molar-refractivity contribution >= 4 is 33.2 Å². The molecule has 118 valence electrons. The van der Waals surface area contributed by atoms with E-state index in [0.29, 0.717) is 0 Å². The Morgan fingerprint density at radius 3 is 2.83 bits per heavy atom. The van der Waals surface area contributed by atoms with Crippen LogP contribution in [0.2, 0.25) is 0 Å². The molecule has 0 unspecified atom stereocenters. The molecule has 0 spiro atoms. The average molecular weight is 337 g/mol. The molecular weight excluding hydrogens is 329 g/mol. The van der Waals surface area contributed by atoms with Crippen molar-refractivity contribution in [3.05, 3.63) is 46.5 Å². The Morgan fingerprint density at radius 1 is 1.30 bits per heavy atom. The number of anilines is 1. The molecule has 0 fully saturated rings.